The first-order valence-corrected chi connectivity index (χ1v) is 18.5. The Morgan fingerprint density at radius 3 is 1.26 bits per heavy atom. The van der Waals surface area contributed by atoms with Gasteiger partial charge in [0.1, 0.15) is 11.7 Å². The van der Waals surface area contributed by atoms with Gasteiger partial charge in [0.05, 0.1) is 12.9 Å². The number of ether oxygens (including phenoxy) is 1. The fourth-order valence-electron chi connectivity index (χ4n) is 5.96. The normalized spacial score (nSPS) is 12.8. The van der Waals surface area contributed by atoms with Crippen LogP contribution in [-0.2, 0) is 24.6 Å². The SMILES string of the molecule is CCCCCCCCCCCCCCCCC(COC(c1ccccc1)(c1ccccc1)c1ccccc1)OS(C)(=O)=O. The Bertz CT molecular complexity index is 1120. The maximum atomic E-state index is 12.2. The summed E-state index contributed by atoms with van der Waals surface area (Å²) in [5.74, 6) is 0. The third-order valence-electron chi connectivity index (χ3n) is 8.22. The second-order valence-electron chi connectivity index (χ2n) is 11.9. The first-order valence-electron chi connectivity index (χ1n) is 16.6. The summed E-state index contributed by atoms with van der Waals surface area (Å²) in [7, 11) is -3.63. The van der Waals surface area contributed by atoms with Gasteiger partial charge >= 0.3 is 0 Å². The number of unbranched alkanes of at least 4 members (excludes halogenated alkanes) is 13. The lowest BCUT2D eigenvalue weighted by molar-refractivity contribution is -0.0311. The molecule has 0 spiro atoms. The fourth-order valence-corrected chi connectivity index (χ4v) is 6.61. The van der Waals surface area contributed by atoms with Crippen LogP contribution in [0.15, 0.2) is 91.0 Å². The van der Waals surface area contributed by atoms with Crippen LogP contribution in [0.4, 0.5) is 0 Å². The molecule has 4 nitrogen and oxygen atoms in total. The van der Waals surface area contributed by atoms with Crippen molar-refractivity contribution in [3.8, 4) is 0 Å². The van der Waals surface area contributed by atoms with Crippen molar-refractivity contribution in [1.82, 2.24) is 0 Å². The molecule has 0 heterocycles. The van der Waals surface area contributed by atoms with Crippen LogP contribution in [0.25, 0.3) is 0 Å². The molecule has 1 atom stereocenters. The average Bonchev–Trinajstić information content (AvgIpc) is 3.02. The molecule has 0 fully saturated rings. The first kappa shape index (κ1) is 35.0. The zero-order valence-corrected chi connectivity index (χ0v) is 27.4. The molecule has 0 aliphatic rings. The Labute approximate surface area is 262 Å². The first-order chi connectivity index (χ1) is 21.0. The highest BCUT2D eigenvalue weighted by molar-refractivity contribution is 7.86. The molecule has 0 bridgehead atoms. The second-order valence-corrected chi connectivity index (χ2v) is 13.5. The highest BCUT2D eigenvalue weighted by Crippen LogP contribution is 2.40. The minimum Gasteiger partial charge on any atom is -0.358 e. The number of rotatable bonds is 23. The van der Waals surface area contributed by atoms with Crippen molar-refractivity contribution in [3.05, 3.63) is 108 Å². The van der Waals surface area contributed by atoms with Crippen LogP contribution < -0.4 is 0 Å². The largest absolute Gasteiger partial charge is 0.358 e. The highest BCUT2D eigenvalue weighted by Gasteiger charge is 2.38. The van der Waals surface area contributed by atoms with E-state index in [9.17, 15) is 8.42 Å². The summed E-state index contributed by atoms with van der Waals surface area (Å²) in [4.78, 5) is 0. The quantitative estimate of drug-likeness (QED) is 0.0612. The number of hydrogen-bond acceptors (Lipinski definition) is 4. The van der Waals surface area contributed by atoms with Crippen molar-refractivity contribution >= 4 is 10.1 Å². The smallest absolute Gasteiger partial charge is 0.264 e. The summed E-state index contributed by atoms with van der Waals surface area (Å²) < 4.78 is 37.0. The van der Waals surface area contributed by atoms with Crippen LogP contribution in [0.2, 0.25) is 0 Å². The maximum Gasteiger partial charge on any atom is 0.264 e. The summed E-state index contributed by atoms with van der Waals surface area (Å²) in [6.07, 6.45) is 19.2. The molecule has 0 N–H and O–H groups in total. The van der Waals surface area contributed by atoms with Gasteiger partial charge in [0, 0.05) is 0 Å². The molecule has 0 radical (unpaired) electrons. The minimum atomic E-state index is -3.63. The third-order valence-corrected chi connectivity index (χ3v) is 8.84. The molecule has 1 unspecified atom stereocenters. The molecule has 0 aliphatic carbocycles. The Kier molecular flexibility index (Phi) is 16.1. The monoisotopic (exact) mass is 606 g/mol. The molecular weight excluding hydrogens is 552 g/mol. The summed E-state index contributed by atoms with van der Waals surface area (Å²) in [6.45, 7) is 2.43. The van der Waals surface area contributed by atoms with Crippen LogP contribution in [0, 0.1) is 0 Å². The van der Waals surface area contributed by atoms with Gasteiger partial charge in [-0.3, -0.25) is 4.18 Å². The molecule has 3 aromatic carbocycles. The molecular formula is C38H54O4S. The molecule has 43 heavy (non-hydrogen) atoms. The van der Waals surface area contributed by atoms with Crippen molar-refractivity contribution in [2.75, 3.05) is 12.9 Å². The summed E-state index contributed by atoms with van der Waals surface area (Å²) in [6, 6.07) is 30.5. The number of hydrogen-bond donors (Lipinski definition) is 0. The van der Waals surface area contributed by atoms with Crippen LogP contribution in [-0.4, -0.2) is 27.4 Å². The van der Waals surface area contributed by atoms with E-state index in [0.717, 1.165) is 35.8 Å². The van der Waals surface area contributed by atoms with Crippen molar-refractivity contribution in [2.45, 2.75) is 115 Å². The summed E-state index contributed by atoms with van der Waals surface area (Å²) >= 11 is 0. The van der Waals surface area contributed by atoms with E-state index < -0.39 is 21.8 Å². The van der Waals surface area contributed by atoms with Gasteiger partial charge < -0.3 is 4.74 Å². The lowest BCUT2D eigenvalue weighted by Crippen LogP contribution is -2.36. The Morgan fingerprint density at radius 2 is 0.907 bits per heavy atom. The lowest BCUT2D eigenvalue weighted by atomic mass is 9.80. The predicted molar refractivity (Wildman–Crippen MR) is 180 cm³/mol. The third kappa shape index (κ3) is 12.6. The molecule has 0 saturated carbocycles. The average molecular weight is 607 g/mol. The summed E-state index contributed by atoms with van der Waals surface area (Å²) in [5.41, 5.74) is 2.06. The van der Waals surface area contributed by atoms with Crippen LogP contribution >= 0.6 is 0 Å². The van der Waals surface area contributed by atoms with Crippen LogP contribution in [0.3, 0.4) is 0 Å². The van der Waals surface area contributed by atoms with E-state index in [0.29, 0.717) is 6.42 Å². The molecule has 3 rings (SSSR count). The zero-order chi connectivity index (χ0) is 30.6. The predicted octanol–water partition coefficient (Wildman–Crippen LogP) is 10.2. The molecule has 0 aromatic heterocycles. The van der Waals surface area contributed by atoms with Crippen molar-refractivity contribution < 1.29 is 17.3 Å². The van der Waals surface area contributed by atoms with Gasteiger partial charge in [-0.1, -0.05) is 188 Å². The van der Waals surface area contributed by atoms with Gasteiger partial charge in [-0.15, -0.1) is 0 Å². The molecule has 3 aromatic rings. The molecule has 0 aliphatic heterocycles. The molecule has 236 valence electrons. The van der Waals surface area contributed by atoms with E-state index in [1.165, 1.54) is 77.0 Å². The lowest BCUT2D eigenvalue weighted by Gasteiger charge is -2.37. The minimum absolute atomic E-state index is 0.157. The van der Waals surface area contributed by atoms with Gasteiger partial charge in [-0.25, -0.2) is 0 Å². The Balaban J connectivity index is 1.57. The zero-order valence-electron chi connectivity index (χ0n) is 26.6. The topological polar surface area (TPSA) is 52.6 Å². The van der Waals surface area contributed by atoms with E-state index >= 15 is 0 Å². The van der Waals surface area contributed by atoms with Gasteiger partial charge in [0.2, 0.25) is 0 Å². The van der Waals surface area contributed by atoms with E-state index in [1.54, 1.807) is 0 Å². The van der Waals surface area contributed by atoms with E-state index in [2.05, 4.69) is 43.3 Å². The number of benzene rings is 3. The van der Waals surface area contributed by atoms with E-state index in [1.807, 2.05) is 54.6 Å². The standard InChI is InChI=1S/C38H54O4S/c1-3-4-5-6-7-8-9-10-11-12-13-14-15-25-32-37(42-43(2,39)40)33-41-38(34-26-19-16-20-27-34,35-28-21-17-22-29-35)36-30-23-18-24-31-36/h16-24,26-31,37H,3-15,25,32-33H2,1-2H3. The van der Waals surface area contributed by atoms with Crippen molar-refractivity contribution in [1.29, 1.82) is 0 Å². The molecule has 5 heteroatoms. The Hall–Kier alpha value is -2.47. The van der Waals surface area contributed by atoms with Gasteiger partial charge in [-0.2, -0.15) is 8.42 Å². The highest BCUT2D eigenvalue weighted by atomic mass is 32.2. The van der Waals surface area contributed by atoms with Gasteiger partial charge in [0.15, 0.2) is 0 Å². The molecule has 0 saturated heterocycles. The summed E-state index contributed by atoms with van der Waals surface area (Å²) in [5, 5.41) is 0. The van der Waals surface area contributed by atoms with Crippen molar-refractivity contribution in [2.24, 2.45) is 0 Å². The van der Waals surface area contributed by atoms with Crippen LogP contribution in [0.5, 0.6) is 0 Å². The molecule has 0 amide bonds. The van der Waals surface area contributed by atoms with Gasteiger partial charge in [0.25, 0.3) is 10.1 Å². The van der Waals surface area contributed by atoms with Crippen molar-refractivity contribution in [3.63, 3.8) is 0 Å². The van der Waals surface area contributed by atoms with E-state index in [-0.39, 0.29) is 6.61 Å². The van der Waals surface area contributed by atoms with Crippen LogP contribution in [0.1, 0.15) is 120 Å². The fraction of sp³-hybridized carbons (Fsp3) is 0.526. The van der Waals surface area contributed by atoms with E-state index in [4.69, 9.17) is 8.92 Å². The van der Waals surface area contributed by atoms with Gasteiger partial charge in [-0.05, 0) is 23.1 Å². The Morgan fingerprint density at radius 1 is 0.558 bits per heavy atom. The second kappa shape index (κ2) is 19.7. The maximum absolute atomic E-state index is 12.2.